The van der Waals surface area contributed by atoms with Crippen LogP contribution >= 0.6 is 0 Å². The molecule has 0 aromatic heterocycles. The van der Waals surface area contributed by atoms with E-state index in [0.717, 1.165) is 17.7 Å². The number of carbonyl (C=O) groups excluding carboxylic acids is 1. The lowest BCUT2D eigenvalue weighted by Gasteiger charge is -2.55. The molecule has 0 aliphatic heterocycles. The Morgan fingerprint density at radius 3 is 2.56 bits per heavy atom. The van der Waals surface area contributed by atoms with Gasteiger partial charge >= 0.3 is 5.97 Å². The average molecular weight is 344 g/mol. The van der Waals surface area contributed by atoms with Crippen LogP contribution in [0.2, 0.25) is 0 Å². The largest absolute Gasteiger partial charge is 0.497 e. The van der Waals surface area contributed by atoms with E-state index in [-0.39, 0.29) is 28.8 Å². The SMILES string of the molecule is COc1ccc2c(c1)[C@]1(C)CCCC(C)(C)[C@H]1CC2C(=O)OC(C)C. The van der Waals surface area contributed by atoms with Crippen molar-refractivity contribution in [1.82, 2.24) is 0 Å². The van der Waals surface area contributed by atoms with Crippen LogP contribution in [0.3, 0.4) is 0 Å². The third kappa shape index (κ3) is 3.07. The van der Waals surface area contributed by atoms with Gasteiger partial charge in [-0.15, -0.1) is 0 Å². The monoisotopic (exact) mass is 344 g/mol. The molecule has 3 atom stereocenters. The van der Waals surface area contributed by atoms with Gasteiger partial charge in [0.1, 0.15) is 5.75 Å². The van der Waals surface area contributed by atoms with E-state index in [1.165, 1.54) is 24.8 Å². The van der Waals surface area contributed by atoms with E-state index >= 15 is 0 Å². The molecule has 0 N–H and O–H groups in total. The van der Waals surface area contributed by atoms with Crippen molar-refractivity contribution in [1.29, 1.82) is 0 Å². The van der Waals surface area contributed by atoms with Crippen molar-refractivity contribution >= 4 is 5.97 Å². The molecule has 1 aromatic rings. The highest BCUT2D eigenvalue weighted by molar-refractivity contribution is 5.80. The maximum absolute atomic E-state index is 12.9. The normalized spacial score (nSPS) is 30.4. The van der Waals surface area contributed by atoms with Gasteiger partial charge in [-0.25, -0.2) is 0 Å². The van der Waals surface area contributed by atoms with Crippen molar-refractivity contribution in [2.45, 2.75) is 77.7 Å². The molecule has 2 aliphatic rings. The first-order valence-electron chi connectivity index (χ1n) is 9.58. The molecule has 3 rings (SSSR count). The zero-order valence-electron chi connectivity index (χ0n) is 16.5. The summed E-state index contributed by atoms with van der Waals surface area (Å²) in [6.07, 6.45) is 4.43. The standard InChI is InChI=1S/C22H32O3/c1-14(2)25-20(23)17-13-19-21(3,4)10-7-11-22(19,5)18-12-15(24-6)8-9-16(17)18/h8-9,12,14,17,19H,7,10-11,13H2,1-6H3/t17?,19-,22+/m1/s1. The Morgan fingerprint density at radius 1 is 1.20 bits per heavy atom. The quantitative estimate of drug-likeness (QED) is 0.705. The van der Waals surface area contributed by atoms with Gasteiger partial charge in [-0.3, -0.25) is 4.79 Å². The topological polar surface area (TPSA) is 35.5 Å². The van der Waals surface area contributed by atoms with Gasteiger partial charge in [0.05, 0.1) is 19.1 Å². The Labute approximate surface area is 152 Å². The highest BCUT2D eigenvalue weighted by atomic mass is 16.5. The van der Waals surface area contributed by atoms with Crippen LogP contribution in [0.1, 0.15) is 77.3 Å². The number of rotatable bonds is 3. The number of ether oxygens (including phenoxy) is 2. The summed E-state index contributed by atoms with van der Waals surface area (Å²) >= 11 is 0. The molecule has 0 saturated heterocycles. The minimum Gasteiger partial charge on any atom is -0.497 e. The second kappa shape index (κ2) is 6.34. The summed E-state index contributed by atoms with van der Waals surface area (Å²) in [5, 5.41) is 0. The summed E-state index contributed by atoms with van der Waals surface area (Å²) in [5.74, 6) is 1.10. The lowest BCUT2D eigenvalue weighted by Crippen LogP contribution is -2.49. The summed E-state index contributed by atoms with van der Waals surface area (Å²) in [6.45, 7) is 11.0. The van der Waals surface area contributed by atoms with E-state index < -0.39 is 0 Å². The second-order valence-electron chi connectivity index (χ2n) is 9.04. The Kier molecular flexibility index (Phi) is 4.63. The van der Waals surface area contributed by atoms with Gasteiger partial charge in [-0.2, -0.15) is 0 Å². The van der Waals surface area contributed by atoms with Crippen molar-refractivity contribution in [2.24, 2.45) is 11.3 Å². The molecule has 25 heavy (non-hydrogen) atoms. The maximum Gasteiger partial charge on any atom is 0.313 e. The highest BCUT2D eigenvalue weighted by Crippen LogP contribution is 2.60. The van der Waals surface area contributed by atoms with Crippen LogP contribution in [-0.4, -0.2) is 19.2 Å². The van der Waals surface area contributed by atoms with Gasteiger partial charge in [0.25, 0.3) is 0 Å². The smallest absolute Gasteiger partial charge is 0.313 e. The first-order chi connectivity index (χ1) is 11.7. The zero-order chi connectivity index (χ0) is 18.4. The fraction of sp³-hybridized carbons (Fsp3) is 0.682. The minimum atomic E-state index is -0.168. The van der Waals surface area contributed by atoms with E-state index in [9.17, 15) is 4.79 Å². The Bertz CT molecular complexity index is 661. The number of carbonyl (C=O) groups is 1. The first kappa shape index (κ1) is 18.3. The summed E-state index contributed by atoms with van der Waals surface area (Å²) in [5.41, 5.74) is 2.76. The molecule has 0 radical (unpaired) electrons. The van der Waals surface area contributed by atoms with E-state index in [0.29, 0.717) is 5.92 Å². The molecular weight excluding hydrogens is 312 g/mol. The van der Waals surface area contributed by atoms with Gasteiger partial charge in [-0.1, -0.05) is 33.3 Å². The zero-order valence-corrected chi connectivity index (χ0v) is 16.5. The van der Waals surface area contributed by atoms with Crippen molar-refractivity contribution in [3.8, 4) is 5.75 Å². The predicted octanol–water partition coefficient (Wildman–Crippen LogP) is 5.22. The number of hydrogen-bond donors (Lipinski definition) is 0. The van der Waals surface area contributed by atoms with Crippen LogP contribution in [0.15, 0.2) is 18.2 Å². The van der Waals surface area contributed by atoms with Crippen LogP contribution in [0.4, 0.5) is 0 Å². The lowest BCUT2D eigenvalue weighted by atomic mass is 9.49. The molecule has 2 aliphatic carbocycles. The first-order valence-corrected chi connectivity index (χ1v) is 9.58. The van der Waals surface area contributed by atoms with Crippen molar-refractivity contribution in [3.63, 3.8) is 0 Å². The van der Waals surface area contributed by atoms with Gasteiger partial charge in [0, 0.05) is 0 Å². The molecule has 1 unspecified atom stereocenters. The highest BCUT2D eigenvalue weighted by Gasteiger charge is 2.53. The second-order valence-corrected chi connectivity index (χ2v) is 9.04. The summed E-state index contributed by atoms with van der Waals surface area (Å²) in [4.78, 5) is 12.9. The number of methoxy groups -OCH3 is 1. The third-order valence-corrected chi connectivity index (χ3v) is 6.59. The number of benzene rings is 1. The number of esters is 1. The van der Waals surface area contributed by atoms with E-state index in [1.807, 2.05) is 19.9 Å². The average Bonchev–Trinajstić information content (AvgIpc) is 2.53. The molecule has 0 bridgehead atoms. The molecule has 1 fully saturated rings. The summed E-state index contributed by atoms with van der Waals surface area (Å²) in [6, 6.07) is 6.23. The van der Waals surface area contributed by atoms with Crippen LogP contribution in [0.25, 0.3) is 0 Å². The van der Waals surface area contributed by atoms with Crippen LogP contribution in [0.5, 0.6) is 5.75 Å². The lowest BCUT2D eigenvalue weighted by molar-refractivity contribution is -0.151. The molecule has 0 amide bonds. The Hall–Kier alpha value is -1.51. The third-order valence-electron chi connectivity index (χ3n) is 6.59. The number of hydrogen-bond acceptors (Lipinski definition) is 3. The molecule has 1 aromatic carbocycles. The van der Waals surface area contributed by atoms with E-state index in [1.54, 1.807) is 7.11 Å². The van der Waals surface area contributed by atoms with Crippen molar-refractivity contribution < 1.29 is 14.3 Å². The van der Waals surface area contributed by atoms with Gasteiger partial charge in [0.2, 0.25) is 0 Å². The van der Waals surface area contributed by atoms with Gasteiger partial charge in [0.15, 0.2) is 0 Å². The van der Waals surface area contributed by atoms with Crippen molar-refractivity contribution in [2.75, 3.05) is 7.11 Å². The molecular formula is C22H32O3. The molecule has 0 spiro atoms. The molecule has 3 heteroatoms. The fourth-order valence-electron chi connectivity index (χ4n) is 5.38. The van der Waals surface area contributed by atoms with Gasteiger partial charge < -0.3 is 9.47 Å². The molecule has 3 nitrogen and oxygen atoms in total. The van der Waals surface area contributed by atoms with Crippen LogP contribution in [-0.2, 0) is 14.9 Å². The molecule has 1 saturated carbocycles. The molecule has 0 heterocycles. The predicted molar refractivity (Wildman–Crippen MR) is 100 cm³/mol. The maximum atomic E-state index is 12.9. The minimum absolute atomic E-state index is 0.0789. The van der Waals surface area contributed by atoms with Gasteiger partial charge in [-0.05, 0) is 73.1 Å². The number of fused-ring (bicyclic) bond motifs is 3. The van der Waals surface area contributed by atoms with E-state index in [2.05, 4.69) is 32.9 Å². The fourth-order valence-corrected chi connectivity index (χ4v) is 5.38. The summed E-state index contributed by atoms with van der Waals surface area (Å²) in [7, 11) is 1.71. The van der Waals surface area contributed by atoms with Crippen LogP contribution in [0, 0.1) is 11.3 Å². The van der Waals surface area contributed by atoms with E-state index in [4.69, 9.17) is 9.47 Å². The summed E-state index contributed by atoms with van der Waals surface area (Å²) < 4.78 is 11.1. The van der Waals surface area contributed by atoms with Crippen molar-refractivity contribution in [3.05, 3.63) is 29.3 Å². The Balaban J connectivity index is 2.12. The Morgan fingerprint density at radius 2 is 1.92 bits per heavy atom. The van der Waals surface area contributed by atoms with Crippen LogP contribution < -0.4 is 4.74 Å². The molecule has 138 valence electrons.